The van der Waals surface area contributed by atoms with E-state index in [4.69, 9.17) is 9.94 Å². The number of aliphatic carboxylic acids is 1. The third-order valence-corrected chi connectivity index (χ3v) is 5.96. The van der Waals surface area contributed by atoms with E-state index in [9.17, 15) is 24.0 Å². The molecule has 0 saturated carbocycles. The third-order valence-electron chi connectivity index (χ3n) is 5.96. The van der Waals surface area contributed by atoms with Crippen molar-refractivity contribution < 1.29 is 33.9 Å². The standard InChI is InChI=1S/C25H42N2O7/c1-2-3-4-5-6-7-8-9-10-11-12-13-14-15-21(28)26-20(16-19-24(31)32)25(33)34-27-22(29)17-18-23(27)30/h20H,2-19H2,1H3,(H,26,28)(H,31,32)/t20-/m0/s1. The van der Waals surface area contributed by atoms with Gasteiger partial charge in [-0.3, -0.25) is 19.2 Å². The lowest BCUT2D eigenvalue weighted by molar-refractivity contribution is -0.199. The first-order valence-electron chi connectivity index (χ1n) is 12.9. The average Bonchev–Trinajstić information content (AvgIpc) is 3.11. The number of carboxylic acid groups (broad SMARTS) is 1. The lowest BCUT2D eigenvalue weighted by Gasteiger charge is -2.19. The van der Waals surface area contributed by atoms with Crippen LogP contribution in [0.15, 0.2) is 0 Å². The lowest BCUT2D eigenvalue weighted by atomic mass is 10.0. The highest BCUT2D eigenvalue weighted by Crippen LogP contribution is 2.15. The quantitative estimate of drug-likeness (QED) is 0.194. The molecule has 0 spiro atoms. The molecule has 1 heterocycles. The van der Waals surface area contributed by atoms with Crippen molar-refractivity contribution in [1.82, 2.24) is 10.4 Å². The van der Waals surface area contributed by atoms with E-state index in [0.717, 1.165) is 19.3 Å². The molecule has 9 nitrogen and oxygen atoms in total. The zero-order chi connectivity index (χ0) is 25.2. The Hall–Kier alpha value is -2.45. The number of carbonyl (C=O) groups is 5. The van der Waals surface area contributed by atoms with Crippen LogP contribution in [-0.4, -0.2) is 45.9 Å². The van der Waals surface area contributed by atoms with Crippen LogP contribution in [0.1, 0.15) is 122 Å². The maximum atomic E-state index is 12.4. The van der Waals surface area contributed by atoms with Crippen molar-refractivity contribution >= 4 is 29.7 Å². The third kappa shape index (κ3) is 13.3. The van der Waals surface area contributed by atoms with Crippen LogP contribution in [-0.2, 0) is 28.8 Å². The van der Waals surface area contributed by atoms with E-state index >= 15 is 0 Å². The molecule has 1 fully saturated rings. The highest BCUT2D eigenvalue weighted by atomic mass is 16.7. The summed E-state index contributed by atoms with van der Waals surface area (Å²) >= 11 is 0. The van der Waals surface area contributed by atoms with Crippen LogP contribution < -0.4 is 5.32 Å². The van der Waals surface area contributed by atoms with Crippen molar-refractivity contribution in [3.05, 3.63) is 0 Å². The van der Waals surface area contributed by atoms with Gasteiger partial charge >= 0.3 is 11.9 Å². The Morgan fingerprint density at radius 1 is 0.824 bits per heavy atom. The van der Waals surface area contributed by atoms with Gasteiger partial charge in [-0.1, -0.05) is 84.0 Å². The van der Waals surface area contributed by atoms with Crippen molar-refractivity contribution in [3.8, 4) is 0 Å². The van der Waals surface area contributed by atoms with E-state index in [1.807, 2.05) is 0 Å². The first-order chi connectivity index (χ1) is 16.3. The van der Waals surface area contributed by atoms with Crippen molar-refractivity contribution in [2.45, 2.75) is 129 Å². The summed E-state index contributed by atoms with van der Waals surface area (Å²) in [6, 6.07) is -1.23. The molecule has 1 aliphatic rings. The molecule has 1 atom stereocenters. The summed E-state index contributed by atoms with van der Waals surface area (Å²) in [6.45, 7) is 2.23. The number of hydrogen-bond acceptors (Lipinski definition) is 6. The Morgan fingerprint density at radius 2 is 1.29 bits per heavy atom. The van der Waals surface area contributed by atoms with Gasteiger partial charge in [-0.2, -0.15) is 0 Å². The van der Waals surface area contributed by atoms with Gasteiger partial charge < -0.3 is 15.3 Å². The van der Waals surface area contributed by atoms with Gasteiger partial charge in [0.1, 0.15) is 6.04 Å². The Balaban J connectivity index is 2.20. The molecule has 1 saturated heterocycles. The SMILES string of the molecule is CCCCCCCCCCCCCCCC(=O)N[C@@H](CCC(=O)O)C(=O)ON1C(=O)CCC1=O. The van der Waals surface area contributed by atoms with Crippen molar-refractivity contribution in [1.29, 1.82) is 0 Å². The van der Waals surface area contributed by atoms with Crippen LogP contribution in [0, 0.1) is 0 Å². The minimum absolute atomic E-state index is 0.0443. The Labute approximate surface area is 202 Å². The van der Waals surface area contributed by atoms with Gasteiger partial charge in [0.05, 0.1) is 0 Å². The molecule has 1 rings (SSSR count). The van der Waals surface area contributed by atoms with E-state index in [2.05, 4.69) is 12.2 Å². The topological polar surface area (TPSA) is 130 Å². The summed E-state index contributed by atoms with van der Waals surface area (Å²) in [5.74, 6) is -3.78. The second-order valence-corrected chi connectivity index (χ2v) is 9.04. The number of nitrogens with one attached hydrogen (secondary N) is 1. The molecular weight excluding hydrogens is 440 g/mol. The smallest absolute Gasteiger partial charge is 0.355 e. The number of rotatable bonds is 20. The average molecular weight is 483 g/mol. The number of hydrogen-bond donors (Lipinski definition) is 2. The normalized spacial score (nSPS) is 14.3. The second kappa shape index (κ2) is 18.0. The van der Waals surface area contributed by atoms with Crippen LogP contribution in [0.25, 0.3) is 0 Å². The molecule has 0 radical (unpaired) electrons. The summed E-state index contributed by atoms with van der Waals surface area (Å²) in [5, 5.41) is 11.8. The predicted molar refractivity (Wildman–Crippen MR) is 126 cm³/mol. The fourth-order valence-corrected chi connectivity index (χ4v) is 3.90. The molecule has 1 aliphatic heterocycles. The van der Waals surface area contributed by atoms with Crippen molar-refractivity contribution in [2.24, 2.45) is 0 Å². The Morgan fingerprint density at radius 3 is 1.76 bits per heavy atom. The number of carboxylic acids is 1. The van der Waals surface area contributed by atoms with Gasteiger partial charge in [0.15, 0.2) is 0 Å². The van der Waals surface area contributed by atoms with E-state index in [-0.39, 0.29) is 38.0 Å². The van der Waals surface area contributed by atoms with Crippen molar-refractivity contribution in [2.75, 3.05) is 0 Å². The molecule has 0 aromatic heterocycles. The molecule has 0 aromatic carbocycles. The largest absolute Gasteiger partial charge is 0.481 e. The predicted octanol–water partition coefficient (Wildman–Crippen LogP) is 4.42. The van der Waals surface area contributed by atoms with Gasteiger partial charge in [-0.25, -0.2) is 4.79 Å². The Kier molecular flexibility index (Phi) is 15.6. The number of amides is 3. The first kappa shape index (κ1) is 29.6. The highest BCUT2D eigenvalue weighted by Gasteiger charge is 2.35. The summed E-state index contributed by atoms with van der Waals surface area (Å²) in [5.41, 5.74) is 0. The van der Waals surface area contributed by atoms with Gasteiger partial charge in [0, 0.05) is 25.7 Å². The molecule has 0 unspecified atom stereocenters. The van der Waals surface area contributed by atoms with Gasteiger partial charge in [-0.05, 0) is 12.8 Å². The number of nitrogens with zero attached hydrogens (tertiary/aromatic N) is 1. The summed E-state index contributed by atoms with van der Waals surface area (Å²) in [7, 11) is 0. The number of imide groups is 1. The molecule has 9 heteroatoms. The monoisotopic (exact) mass is 482 g/mol. The van der Waals surface area contributed by atoms with Gasteiger partial charge in [0.2, 0.25) is 5.91 Å². The molecule has 0 bridgehead atoms. The minimum atomic E-state index is -1.23. The van der Waals surface area contributed by atoms with Gasteiger partial charge in [0.25, 0.3) is 11.8 Å². The minimum Gasteiger partial charge on any atom is -0.481 e. The molecule has 194 valence electrons. The molecule has 0 aromatic rings. The van der Waals surface area contributed by atoms with E-state index in [1.54, 1.807) is 0 Å². The van der Waals surface area contributed by atoms with Crippen LogP contribution in [0.2, 0.25) is 0 Å². The van der Waals surface area contributed by atoms with E-state index < -0.39 is 29.8 Å². The molecule has 2 N–H and O–H groups in total. The first-order valence-corrected chi connectivity index (χ1v) is 12.9. The molecule has 34 heavy (non-hydrogen) atoms. The van der Waals surface area contributed by atoms with Crippen LogP contribution in [0.5, 0.6) is 0 Å². The van der Waals surface area contributed by atoms with E-state index in [1.165, 1.54) is 57.8 Å². The van der Waals surface area contributed by atoms with E-state index in [0.29, 0.717) is 11.5 Å². The zero-order valence-corrected chi connectivity index (χ0v) is 20.6. The molecule has 0 aliphatic carbocycles. The zero-order valence-electron chi connectivity index (χ0n) is 20.6. The Bertz CT molecular complexity index is 650. The summed E-state index contributed by atoms with van der Waals surface area (Å²) in [4.78, 5) is 63.6. The van der Waals surface area contributed by atoms with Crippen molar-refractivity contribution in [3.63, 3.8) is 0 Å². The lowest BCUT2D eigenvalue weighted by Crippen LogP contribution is -2.45. The number of carbonyl (C=O) groups excluding carboxylic acids is 4. The fraction of sp³-hybridized carbons (Fsp3) is 0.800. The molecule has 3 amide bonds. The second-order valence-electron chi connectivity index (χ2n) is 9.04. The van der Waals surface area contributed by atoms with Crippen LogP contribution >= 0.6 is 0 Å². The van der Waals surface area contributed by atoms with Crippen LogP contribution in [0.3, 0.4) is 0 Å². The van der Waals surface area contributed by atoms with Crippen LogP contribution in [0.4, 0.5) is 0 Å². The fourth-order valence-electron chi connectivity index (χ4n) is 3.90. The summed E-state index contributed by atoms with van der Waals surface area (Å²) in [6.07, 6.45) is 15.1. The highest BCUT2D eigenvalue weighted by molar-refractivity contribution is 6.02. The number of hydroxylamine groups is 2. The number of unbranched alkanes of at least 4 members (excludes halogenated alkanes) is 12. The van der Waals surface area contributed by atoms with Gasteiger partial charge in [-0.15, -0.1) is 5.06 Å². The maximum Gasteiger partial charge on any atom is 0.355 e. The molecular formula is C25H42N2O7. The summed E-state index contributed by atoms with van der Waals surface area (Å²) < 4.78 is 0. The maximum absolute atomic E-state index is 12.4.